The molecule has 0 aromatic carbocycles. The number of hydrogen-bond donors (Lipinski definition) is 2. The molecular formula is C14H21N3O2. The van der Waals surface area contributed by atoms with Crippen molar-refractivity contribution >= 4 is 11.8 Å². The van der Waals surface area contributed by atoms with Crippen LogP contribution in [0.2, 0.25) is 0 Å². The Hall–Kier alpha value is -1.10. The van der Waals surface area contributed by atoms with Crippen molar-refractivity contribution in [3.05, 3.63) is 0 Å². The maximum atomic E-state index is 12.8. The first-order valence-corrected chi connectivity index (χ1v) is 7.58. The van der Waals surface area contributed by atoms with Gasteiger partial charge in [0.1, 0.15) is 0 Å². The molecule has 5 nitrogen and oxygen atoms in total. The quantitative estimate of drug-likeness (QED) is 0.692. The first-order chi connectivity index (χ1) is 9.24. The van der Waals surface area contributed by atoms with Crippen LogP contribution in [0.4, 0.5) is 0 Å². The van der Waals surface area contributed by atoms with Crippen molar-refractivity contribution in [3.8, 4) is 0 Å². The van der Waals surface area contributed by atoms with Gasteiger partial charge in [0.2, 0.25) is 11.8 Å². The first kappa shape index (κ1) is 11.7. The smallest absolute Gasteiger partial charge is 0.227 e. The molecule has 104 valence electrons. The summed E-state index contributed by atoms with van der Waals surface area (Å²) in [6, 6.07) is 1.07. The molecule has 0 aromatic heterocycles. The molecule has 4 saturated heterocycles. The molecule has 0 spiro atoms. The standard InChI is InChI=1S/C14H21N3O2/c18-13-9-2-1-5-17(12(9)7-15-13)14(19)10-6-8-3-4-11(10)16-8/h8-12,16H,1-7H2,(H,15,18). The van der Waals surface area contributed by atoms with Gasteiger partial charge in [0, 0.05) is 25.2 Å². The number of carbonyl (C=O) groups excluding carboxylic acids is 2. The fraction of sp³-hybridized carbons (Fsp3) is 0.857. The van der Waals surface area contributed by atoms with E-state index in [9.17, 15) is 9.59 Å². The molecule has 5 heteroatoms. The van der Waals surface area contributed by atoms with Crippen LogP contribution >= 0.6 is 0 Å². The van der Waals surface area contributed by atoms with Crippen molar-refractivity contribution in [2.24, 2.45) is 11.8 Å². The summed E-state index contributed by atoms with van der Waals surface area (Å²) in [5.74, 6) is 0.650. The van der Waals surface area contributed by atoms with E-state index in [1.165, 1.54) is 6.42 Å². The Labute approximate surface area is 113 Å². The molecular weight excluding hydrogens is 242 g/mol. The number of nitrogens with zero attached hydrogens (tertiary/aromatic N) is 1. The summed E-state index contributed by atoms with van der Waals surface area (Å²) >= 11 is 0. The van der Waals surface area contributed by atoms with Crippen LogP contribution in [0.25, 0.3) is 0 Å². The molecule has 2 N–H and O–H groups in total. The zero-order chi connectivity index (χ0) is 13.0. The van der Waals surface area contributed by atoms with Crippen LogP contribution in [0.5, 0.6) is 0 Å². The van der Waals surface area contributed by atoms with Gasteiger partial charge in [0.25, 0.3) is 0 Å². The first-order valence-electron chi connectivity index (χ1n) is 7.58. The highest BCUT2D eigenvalue weighted by atomic mass is 16.2. The third-order valence-electron chi connectivity index (χ3n) is 5.50. The summed E-state index contributed by atoms with van der Waals surface area (Å²) in [6.45, 7) is 1.49. The summed E-state index contributed by atoms with van der Waals surface area (Å²) in [7, 11) is 0. The summed E-state index contributed by atoms with van der Waals surface area (Å²) in [5, 5.41) is 6.46. The number of carbonyl (C=O) groups is 2. The van der Waals surface area contributed by atoms with Gasteiger partial charge in [0.05, 0.1) is 17.9 Å². The number of piperidine rings is 1. The van der Waals surface area contributed by atoms with Crippen LogP contribution < -0.4 is 10.6 Å². The van der Waals surface area contributed by atoms with E-state index in [0.717, 1.165) is 32.2 Å². The Morgan fingerprint density at radius 2 is 2.16 bits per heavy atom. The SMILES string of the molecule is O=C1NCC2C1CCCN2C(=O)C1CC2CCC1N2. The molecule has 0 saturated carbocycles. The second kappa shape index (κ2) is 4.20. The molecule has 4 aliphatic rings. The Balaban J connectivity index is 1.52. The van der Waals surface area contributed by atoms with E-state index >= 15 is 0 Å². The zero-order valence-electron chi connectivity index (χ0n) is 11.1. The minimum Gasteiger partial charge on any atom is -0.354 e. The highest BCUT2D eigenvalue weighted by Gasteiger charge is 2.48. The van der Waals surface area contributed by atoms with Gasteiger partial charge in [-0.15, -0.1) is 0 Å². The Kier molecular flexibility index (Phi) is 2.59. The molecule has 0 aromatic rings. The molecule has 2 bridgehead atoms. The van der Waals surface area contributed by atoms with Gasteiger partial charge in [-0.3, -0.25) is 9.59 Å². The predicted molar refractivity (Wildman–Crippen MR) is 69.3 cm³/mol. The Morgan fingerprint density at radius 3 is 2.89 bits per heavy atom. The highest BCUT2D eigenvalue weighted by Crippen LogP contribution is 2.36. The molecule has 0 radical (unpaired) electrons. The average molecular weight is 263 g/mol. The summed E-state index contributed by atoms with van der Waals surface area (Å²) < 4.78 is 0. The van der Waals surface area contributed by atoms with Gasteiger partial charge in [-0.1, -0.05) is 0 Å². The molecule has 5 unspecified atom stereocenters. The molecule has 2 amide bonds. The molecule has 4 aliphatic heterocycles. The molecule has 4 heterocycles. The average Bonchev–Trinajstić information content (AvgIpc) is 3.13. The zero-order valence-corrected chi connectivity index (χ0v) is 11.1. The highest BCUT2D eigenvalue weighted by molar-refractivity contribution is 5.86. The van der Waals surface area contributed by atoms with Gasteiger partial charge in [-0.2, -0.15) is 0 Å². The van der Waals surface area contributed by atoms with Crippen LogP contribution in [-0.4, -0.2) is 47.9 Å². The lowest BCUT2D eigenvalue weighted by molar-refractivity contribution is -0.141. The maximum absolute atomic E-state index is 12.8. The van der Waals surface area contributed by atoms with E-state index in [4.69, 9.17) is 0 Å². The number of nitrogens with one attached hydrogen (secondary N) is 2. The predicted octanol–water partition coefficient (Wildman–Crippen LogP) is -0.136. The third-order valence-corrected chi connectivity index (χ3v) is 5.50. The molecule has 0 aliphatic carbocycles. The van der Waals surface area contributed by atoms with E-state index in [0.29, 0.717) is 24.5 Å². The summed E-state index contributed by atoms with van der Waals surface area (Å²) in [5.41, 5.74) is 0. The van der Waals surface area contributed by atoms with E-state index in [1.54, 1.807) is 0 Å². The van der Waals surface area contributed by atoms with Gasteiger partial charge >= 0.3 is 0 Å². The minimum atomic E-state index is 0.0456. The van der Waals surface area contributed by atoms with Crippen LogP contribution in [-0.2, 0) is 9.59 Å². The third kappa shape index (κ3) is 1.71. The second-order valence-corrected chi connectivity index (χ2v) is 6.48. The topological polar surface area (TPSA) is 61.4 Å². The van der Waals surface area contributed by atoms with Crippen LogP contribution in [0.3, 0.4) is 0 Å². The molecule has 19 heavy (non-hydrogen) atoms. The fourth-order valence-electron chi connectivity index (χ4n) is 4.54. The van der Waals surface area contributed by atoms with Crippen molar-refractivity contribution in [1.82, 2.24) is 15.5 Å². The van der Waals surface area contributed by atoms with Crippen LogP contribution in [0.15, 0.2) is 0 Å². The van der Waals surface area contributed by atoms with Crippen LogP contribution in [0.1, 0.15) is 32.1 Å². The van der Waals surface area contributed by atoms with Crippen molar-refractivity contribution in [1.29, 1.82) is 0 Å². The largest absolute Gasteiger partial charge is 0.354 e. The number of fused-ring (bicyclic) bond motifs is 3. The molecule has 4 rings (SSSR count). The lowest BCUT2D eigenvalue weighted by Crippen LogP contribution is -2.52. The minimum absolute atomic E-state index is 0.0456. The number of rotatable bonds is 1. The van der Waals surface area contributed by atoms with Crippen molar-refractivity contribution in [2.75, 3.05) is 13.1 Å². The number of likely N-dealkylation sites (tertiary alicyclic amines) is 1. The molecule has 5 atom stereocenters. The normalized spacial score (nSPS) is 44.3. The maximum Gasteiger partial charge on any atom is 0.227 e. The van der Waals surface area contributed by atoms with Gasteiger partial charge in [0.15, 0.2) is 0 Å². The lowest BCUT2D eigenvalue weighted by Gasteiger charge is -2.38. The number of hydrogen-bond acceptors (Lipinski definition) is 3. The van der Waals surface area contributed by atoms with Gasteiger partial charge in [-0.05, 0) is 32.1 Å². The molecule has 4 fully saturated rings. The van der Waals surface area contributed by atoms with Crippen molar-refractivity contribution in [2.45, 2.75) is 50.2 Å². The summed E-state index contributed by atoms with van der Waals surface area (Å²) in [4.78, 5) is 26.6. The number of amides is 2. The van der Waals surface area contributed by atoms with Crippen molar-refractivity contribution < 1.29 is 9.59 Å². The van der Waals surface area contributed by atoms with E-state index in [1.807, 2.05) is 4.90 Å². The Bertz CT molecular complexity index is 425. The van der Waals surface area contributed by atoms with E-state index in [2.05, 4.69) is 10.6 Å². The van der Waals surface area contributed by atoms with E-state index < -0.39 is 0 Å². The Morgan fingerprint density at radius 1 is 1.26 bits per heavy atom. The van der Waals surface area contributed by atoms with Crippen molar-refractivity contribution in [3.63, 3.8) is 0 Å². The second-order valence-electron chi connectivity index (χ2n) is 6.48. The van der Waals surface area contributed by atoms with E-state index in [-0.39, 0.29) is 23.8 Å². The fourth-order valence-corrected chi connectivity index (χ4v) is 4.54. The monoisotopic (exact) mass is 263 g/mol. The van der Waals surface area contributed by atoms with Crippen LogP contribution in [0, 0.1) is 11.8 Å². The van der Waals surface area contributed by atoms with Gasteiger partial charge in [-0.25, -0.2) is 0 Å². The summed E-state index contributed by atoms with van der Waals surface area (Å²) in [6.07, 6.45) is 5.27. The lowest BCUT2D eigenvalue weighted by atomic mass is 9.85. The van der Waals surface area contributed by atoms with Gasteiger partial charge < -0.3 is 15.5 Å².